The number of likely N-dealkylation sites (N-methyl/N-ethyl adjacent to an activating group) is 1. The zero-order chi connectivity index (χ0) is 28.3. The molecule has 1 aliphatic rings. The highest BCUT2D eigenvalue weighted by atomic mass is 16.2. The van der Waals surface area contributed by atoms with Crippen LogP contribution >= 0.6 is 0 Å². The van der Waals surface area contributed by atoms with Crippen molar-refractivity contribution in [3.8, 4) is 0 Å². The summed E-state index contributed by atoms with van der Waals surface area (Å²) in [6, 6.07) is 21.4. The summed E-state index contributed by atoms with van der Waals surface area (Å²) < 4.78 is 0. The Hall–Kier alpha value is -4.46. The van der Waals surface area contributed by atoms with Gasteiger partial charge in [-0.25, -0.2) is 9.79 Å². The van der Waals surface area contributed by atoms with Gasteiger partial charge in [0.2, 0.25) is 12.1 Å². The lowest BCUT2D eigenvalue weighted by Gasteiger charge is -2.25. The van der Waals surface area contributed by atoms with E-state index >= 15 is 0 Å². The number of aryl methyl sites for hydroxylation is 1. The van der Waals surface area contributed by atoms with Crippen LogP contribution in [-0.4, -0.2) is 42.8 Å². The fourth-order valence-electron chi connectivity index (χ4n) is 4.57. The maximum atomic E-state index is 13.4. The number of fused-ring (bicyclic) bond motifs is 1. The third-order valence-electron chi connectivity index (χ3n) is 6.73. The van der Waals surface area contributed by atoms with E-state index in [0.717, 1.165) is 22.3 Å². The van der Waals surface area contributed by atoms with Crippen LogP contribution in [0.3, 0.4) is 0 Å². The summed E-state index contributed by atoms with van der Waals surface area (Å²) >= 11 is 0. The molecule has 0 saturated carbocycles. The molecule has 39 heavy (non-hydrogen) atoms. The van der Waals surface area contributed by atoms with Gasteiger partial charge in [0.1, 0.15) is 6.04 Å². The number of benzene rings is 3. The number of rotatable bonds is 5. The van der Waals surface area contributed by atoms with Crippen LogP contribution in [0.25, 0.3) is 0 Å². The van der Waals surface area contributed by atoms with E-state index in [1.54, 1.807) is 14.0 Å². The number of benzodiazepines with no additional fused rings is 1. The van der Waals surface area contributed by atoms with Crippen LogP contribution in [0.4, 0.5) is 16.2 Å². The summed E-state index contributed by atoms with van der Waals surface area (Å²) in [6.07, 6.45) is -1.17. The van der Waals surface area contributed by atoms with Gasteiger partial charge in [-0.3, -0.25) is 9.59 Å². The van der Waals surface area contributed by atoms with Crippen LogP contribution < -0.4 is 20.9 Å². The van der Waals surface area contributed by atoms with Crippen LogP contribution in [0.5, 0.6) is 0 Å². The van der Waals surface area contributed by atoms with Gasteiger partial charge in [0, 0.05) is 23.9 Å². The van der Waals surface area contributed by atoms with Gasteiger partial charge in [-0.1, -0.05) is 87.5 Å². The van der Waals surface area contributed by atoms with E-state index in [-0.39, 0.29) is 11.3 Å². The molecule has 4 rings (SSSR count). The average molecular weight is 526 g/mol. The summed E-state index contributed by atoms with van der Waals surface area (Å²) in [5, 5.41) is 8.33. The van der Waals surface area contributed by atoms with Crippen molar-refractivity contribution < 1.29 is 14.4 Å². The van der Waals surface area contributed by atoms with Gasteiger partial charge in [0.25, 0.3) is 5.91 Å². The Balaban J connectivity index is 1.54. The minimum Gasteiger partial charge on any atom is -0.326 e. The summed E-state index contributed by atoms with van der Waals surface area (Å²) in [6.45, 7) is 9.72. The lowest BCUT2D eigenvalue weighted by molar-refractivity contribution is -0.128. The summed E-state index contributed by atoms with van der Waals surface area (Å²) in [5.41, 5.74) is 5.34. The molecule has 8 nitrogen and oxygen atoms in total. The lowest BCUT2D eigenvalue weighted by atomic mass is 9.84. The minimum absolute atomic E-state index is 0.185. The van der Waals surface area contributed by atoms with Gasteiger partial charge >= 0.3 is 6.03 Å². The van der Waals surface area contributed by atoms with E-state index in [1.165, 1.54) is 4.90 Å². The van der Waals surface area contributed by atoms with Crippen LogP contribution in [0.15, 0.2) is 77.8 Å². The first-order valence-corrected chi connectivity index (χ1v) is 13.0. The Kier molecular flexibility index (Phi) is 7.85. The molecule has 2 atom stereocenters. The molecule has 4 amide bonds. The van der Waals surface area contributed by atoms with Crippen molar-refractivity contribution in [2.24, 2.45) is 4.99 Å². The highest BCUT2D eigenvalue weighted by molar-refractivity contribution is 6.20. The molecule has 0 unspecified atom stereocenters. The standard InChI is InChI=1S/C31H35N5O3/c1-19-13-12-17-23(31(3,4)5)25(19)34-30(39)32-20(2)28(37)35-27-29(38)36(6)24-18-11-10-16-22(24)26(33-27)21-14-8-7-9-15-21/h7-18,20,27H,1-6H3,(H,35,37)(H2,32,34,39)/t20-,27+/m0/s1. The van der Waals surface area contributed by atoms with Crippen molar-refractivity contribution in [2.75, 3.05) is 17.3 Å². The fraction of sp³-hybridized carbons (Fsp3) is 0.290. The van der Waals surface area contributed by atoms with Crippen molar-refractivity contribution in [2.45, 2.75) is 52.2 Å². The number of carbonyl (C=O) groups excluding carboxylic acids is 3. The lowest BCUT2D eigenvalue weighted by Crippen LogP contribution is -2.52. The first-order valence-electron chi connectivity index (χ1n) is 13.0. The first kappa shape index (κ1) is 27.6. The smallest absolute Gasteiger partial charge is 0.319 e. The van der Waals surface area contributed by atoms with E-state index in [2.05, 4.69) is 36.7 Å². The molecule has 0 bridgehead atoms. The van der Waals surface area contributed by atoms with Gasteiger partial charge in [0.05, 0.1) is 11.4 Å². The van der Waals surface area contributed by atoms with Crippen molar-refractivity contribution in [1.29, 1.82) is 0 Å². The van der Waals surface area contributed by atoms with E-state index in [9.17, 15) is 14.4 Å². The third-order valence-corrected chi connectivity index (χ3v) is 6.73. The predicted molar refractivity (Wildman–Crippen MR) is 155 cm³/mol. The van der Waals surface area contributed by atoms with E-state index in [1.807, 2.05) is 79.7 Å². The highest BCUT2D eigenvalue weighted by Crippen LogP contribution is 2.32. The van der Waals surface area contributed by atoms with E-state index in [4.69, 9.17) is 4.99 Å². The van der Waals surface area contributed by atoms with Crippen LogP contribution in [0, 0.1) is 6.92 Å². The molecule has 3 aromatic carbocycles. The van der Waals surface area contributed by atoms with E-state index < -0.39 is 24.1 Å². The molecule has 8 heteroatoms. The summed E-state index contributed by atoms with van der Waals surface area (Å²) in [5.74, 6) is -0.909. The third kappa shape index (κ3) is 6.00. The molecule has 0 radical (unpaired) electrons. The molecule has 0 fully saturated rings. The largest absolute Gasteiger partial charge is 0.326 e. The van der Waals surface area contributed by atoms with Crippen molar-refractivity contribution in [3.63, 3.8) is 0 Å². The number of hydrogen-bond donors (Lipinski definition) is 3. The number of aliphatic imine (C=N–C) groups is 1. The molecular formula is C31H35N5O3. The van der Waals surface area contributed by atoms with Crippen molar-refractivity contribution in [3.05, 3.63) is 95.1 Å². The number of para-hydroxylation sites is 2. The zero-order valence-electron chi connectivity index (χ0n) is 23.2. The van der Waals surface area contributed by atoms with Crippen LogP contribution in [-0.2, 0) is 15.0 Å². The number of carbonyl (C=O) groups is 3. The molecule has 1 heterocycles. The Morgan fingerprint density at radius 2 is 1.62 bits per heavy atom. The Labute approximate surface area is 229 Å². The highest BCUT2D eigenvalue weighted by Gasteiger charge is 2.32. The molecule has 0 aliphatic carbocycles. The number of hydrogen-bond acceptors (Lipinski definition) is 4. The summed E-state index contributed by atoms with van der Waals surface area (Å²) in [7, 11) is 1.66. The number of amides is 4. The zero-order valence-corrected chi connectivity index (χ0v) is 23.2. The minimum atomic E-state index is -1.17. The maximum Gasteiger partial charge on any atom is 0.319 e. The molecule has 3 aromatic rings. The molecule has 3 N–H and O–H groups in total. The Bertz CT molecular complexity index is 1430. The van der Waals surface area contributed by atoms with Crippen molar-refractivity contribution >= 4 is 34.9 Å². The topological polar surface area (TPSA) is 103 Å². The van der Waals surface area contributed by atoms with Gasteiger partial charge in [-0.05, 0) is 36.5 Å². The fourth-order valence-corrected chi connectivity index (χ4v) is 4.57. The van der Waals surface area contributed by atoms with Gasteiger partial charge in [-0.15, -0.1) is 0 Å². The first-order chi connectivity index (χ1) is 18.5. The quantitative estimate of drug-likeness (QED) is 0.448. The second-order valence-corrected chi connectivity index (χ2v) is 10.7. The number of urea groups is 1. The van der Waals surface area contributed by atoms with Crippen LogP contribution in [0.2, 0.25) is 0 Å². The number of nitrogens with one attached hydrogen (secondary N) is 3. The van der Waals surface area contributed by atoms with Crippen molar-refractivity contribution in [1.82, 2.24) is 10.6 Å². The number of nitrogens with zero attached hydrogens (tertiary/aromatic N) is 2. The Morgan fingerprint density at radius 3 is 2.31 bits per heavy atom. The molecular weight excluding hydrogens is 490 g/mol. The van der Waals surface area contributed by atoms with Gasteiger partial charge in [0.15, 0.2) is 0 Å². The number of anilines is 2. The average Bonchev–Trinajstić information content (AvgIpc) is 3.00. The molecule has 0 spiro atoms. The van der Waals surface area contributed by atoms with Gasteiger partial charge < -0.3 is 20.9 Å². The maximum absolute atomic E-state index is 13.4. The normalized spacial score (nSPS) is 15.9. The second-order valence-electron chi connectivity index (χ2n) is 10.7. The predicted octanol–water partition coefficient (Wildman–Crippen LogP) is 4.76. The summed E-state index contributed by atoms with van der Waals surface area (Å²) in [4.78, 5) is 45.7. The second kappa shape index (κ2) is 11.1. The van der Waals surface area contributed by atoms with Crippen LogP contribution in [0.1, 0.15) is 49.9 Å². The monoisotopic (exact) mass is 525 g/mol. The molecule has 202 valence electrons. The molecule has 0 saturated heterocycles. The SMILES string of the molecule is Cc1cccc(C(C)(C)C)c1NC(=O)N[C@@H](C)C(=O)N[C@H]1N=C(c2ccccc2)c2ccccc2N(C)C1=O. The Morgan fingerprint density at radius 1 is 0.949 bits per heavy atom. The van der Waals surface area contributed by atoms with Gasteiger partial charge in [-0.2, -0.15) is 0 Å². The van der Waals surface area contributed by atoms with E-state index in [0.29, 0.717) is 17.1 Å². The molecule has 1 aliphatic heterocycles. The molecule has 0 aromatic heterocycles.